The van der Waals surface area contributed by atoms with Crippen molar-refractivity contribution in [3.05, 3.63) is 71.1 Å². The van der Waals surface area contributed by atoms with Gasteiger partial charge in [0, 0.05) is 23.5 Å². The number of carbonyl (C=O) groups excluding carboxylic acids is 2. The number of ether oxygens (including phenoxy) is 1. The first kappa shape index (κ1) is 26.6. The second-order valence-electron chi connectivity index (χ2n) is 7.82. The van der Waals surface area contributed by atoms with Gasteiger partial charge in [0.1, 0.15) is 4.88 Å². The standard InChI is InChI=1S/C26H30N2O5S2/c1-4-16-28(17-5-2)35(31,32)21-14-12-20(13-15-21)25(29)27-22-18-23(19-10-8-7-9-11-19)34-24(22)26(30)33-6-3/h7-15,18H,4-6,16-17H2,1-3H3,(H,27,29). The highest BCUT2D eigenvalue weighted by Gasteiger charge is 2.24. The number of hydrogen-bond donors (Lipinski definition) is 1. The number of benzene rings is 2. The molecule has 2 aromatic carbocycles. The lowest BCUT2D eigenvalue weighted by Gasteiger charge is -2.21. The number of esters is 1. The molecule has 186 valence electrons. The molecule has 0 aliphatic rings. The van der Waals surface area contributed by atoms with Crippen LogP contribution in [-0.2, 0) is 14.8 Å². The summed E-state index contributed by atoms with van der Waals surface area (Å²) in [5.74, 6) is -0.959. The number of rotatable bonds is 11. The number of nitrogens with one attached hydrogen (secondary N) is 1. The fourth-order valence-corrected chi connectivity index (χ4v) is 6.19. The van der Waals surface area contributed by atoms with Crippen LogP contribution in [0.1, 0.15) is 53.6 Å². The highest BCUT2D eigenvalue weighted by Crippen LogP contribution is 2.35. The highest BCUT2D eigenvalue weighted by molar-refractivity contribution is 7.89. The summed E-state index contributed by atoms with van der Waals surface area (Å²) in [6, 6.07) is 17.1. The van der Waals surface area contributed by atoms with E-state index in [0.717, 1.165) is 10.4 Å². The first-order valence-corrected chi connectivity index (χ1v) is 13.8. The third kappa shape index (κ3) is 6.36. The Morgan fingerprint density at radius 2 is 1.57 bits per heavy atom. The summed E-state index contributed by atoms with van der Waals surface area (Å²) in [5, 5.41) is 2.79. The molecule has 3 rings (SSSR count). The van der Waals surface area contributed by atoms with E-state index in [1.165, 1.54) is 39.9 Å². The average Bonchev–Trinajstić information content (AvgIpc) is 3.28. The van der Waals surface area contributed by atoms with Gasteiger partial charge in [-0.3, -0.25) is 4.79 Å². The monoisotopic (exact) mass is 514 g/mol. The molecule has 0 aliphatic carbocycles. The number of sulfonamides is 1. The van der Waals surface area contributed by atoms with Crippen LogP contribution in [0.25, 0.3) is 10.4 Å². The van der Waals surface area contributed by atoms with E-state index in [1.807, 2.05) is 44.2 Å². The molecule has 0 radical (unpaired) electrons. The lowest BCUT2D eigenvalue weighted by Crippen LogP contribution is -2.32. The van der Waals surface area contributed by atoms with E-state index < -0.39 is 21.9 Å². The normalized spacial score (nSPS) is 11.4. The van der Waals surface area contributed by atoms with Gasteiger partial charge >= 0.3 is 5.97 Å². The zero-order valence-electron chi connectivity index (χ0n) is 20.1. The van der Waals surface area contributed by atoms with Gasteiger partial charge in [0.25, 0.3) is 5.91 Å². The van der Waals surface area contributed by atoms with Crippen molar-refractivity contribution < 1.29 is 22.7 Å². The van der Waals surface area contributed by atoms with Gasteiger partial charge in [-0.1, -0.05) is 44.2 Å². The minimum atomic E-state index is -3.64. The quantitative estimate of drug-likeness (QED) is 0.334. The van der Waals surface area contributed by atoms with E-state index in [0.29, 0.717) is 36.5 Å². The molecular weight excluding hydrogens is 484 g/mol. The minimum absolute atomic E-state index is 0.144. The predicted octanol–water partition coefficient (Wildman–Crippen LogP) is 5.65. The first-order chi connectivity index (χ1) is 16.8. The van der Waals surface area contributed by atoms with Crippen LogP contribution in [0.4, 0.5) is 5.69 Å². The van der Waals surface area contributed by atoms with Crippen LogP contribution in [0.3, 0.4) is 0 Å². The van der Waals surface area contributed by atoms with E-state index in [1.54, 1.807) is 13.0 Å². The Morgan fingerprint density at radius 1 is 0.943 bits per heavy atom. The molecule has 1 aromatic heterocycles. The smallest absolute Gasteiger partial charge is 0.350 e. The third-order valence-electron chi connectivity index (χ3n) is 5.20. The van der Waals surface area contributed by atoms with Gasteiger partial charge < -0.3 is 10.1 Å². The van der Waals surface area contributed by atoms with Gasteiger partial charge in [0.05, 0.1) is 17.2 Å². The molecule has 1 amide bonds. The van der Waals surface area contributed by atoms with Gasteiger partial charge in [-0.05, 0) is 55.7 Å². The summed E-state index contributed by atoms with van der Waals surface area (Å²) in [6.07, 6.45) is 1.43. The van der Waals surface area contributed by atoms with Crippen molar-refractivity contribution in [2.24, 2.45) is 0 Å². The molecule has 0 atom stereocenters. The number of carbonyl (C=O) groups is 2. The van der Waals surface area contributed by atoms with Gasteiger partial charge in [-0.25, -0.2) is 13.2 Å². The molecule has 0 spiro atoms. The lowest BCUT2D eigenvalue weighted by molar-refractivity contribution is 0.0533. The lowest BCUT2D eigenvalue weighted by atomic mass is 10.2. The number of thiophene rings is 1. The molecule has 0 unspecified atom stereocenters. The Morgan fingerprint density at radius 3 is 2.14 bits per heavy atom. The SMILES string of the molecule is CCCN(CCC)S(=O)(=O)c1ccc(C(=O)Nc2cc(-c3ccccc3)sc2C(=O)OCC)cc1. The molecule has 0 bridgehead atoms. The summed E-state index contributed by atoms with van der Waals surface area (Å²) >= 11 is 1.24. The minimum Gasteiger partial charge on any atom is -0.462 e. The molecule has 7 nitrogen and oxygen atoms in total. The fraction of sp³-hybridized carbons (Fsp3) is 0.308. The number of nitrogens with zero attached hydrogens (tertiary/aromatic N) is 1. The Balaban J connectivity index is 1.85. The first-order valence-electron chi connectivity index (χ1n) is 11.6. The summed E-state index contributed by atoms with van der Waals surface area (Å²) in [6.45, 7) is 6.69. The summed E-state index contributed by atoms with van der Waals surface area (Å²) in [4.78, 5) is 26.8. The third-order valence-corrected chi connectivity index (χ3v) is 8.28. The van der Waals surface area contributed by atoms with Crippen LogP contribution in [0.5, 0.6) is 0 Å². The van der Waals surface area contributed by atoms with E-state index in [2.05, 4.69) is 5.32 Å². The maximum atomic E-state index is 13.0. The van der Waals surface area contributed by atoms with Crippen LogP contribution >= 0.6 is 11.3 Å². The predicted molar refractivity (Wildman–Crippen MR) is 139 cm³/mol. The van der Waals surface area contributed by atoms with Crippen molar-refractivity contribution in [1.29, 1.82) is 0 Å². The average molecular weight is 515 g/mol. The second kappa shape index (κ2) is 12.1. The Kier molecular flexibility index (Phi) is 9.20. The largest absolute Gasteiger partial charge is 0.462 e. The molecular formula is C26H30N2O5S2. The van der Waals surface area contributed by atoms with Crippen molar-refractivity contribution in [3.8, 4) is 10.4 Å². The van der Waals surface area contributed by atoms with Crippen molar-refractivity contribution >= 4 is 38.9 Å². The van der Waals surface area contributed by atoms with Gasteiger partial charge in [0.2, 0.25) is 10.0 Å². The maximum Gasteiger partial charge on any atom is 0.350 e. The fourth-order valence-electron chi connectivity index (χ4n) is 3.55. The molecule has 9 heteroatoms. The van der Waals surface area contributed by atoms with Gasteiger partial charge in [-0.2, -0.15) is 4.31 Å². The zero-order valence-corrected chi connectivity index (χ0v) is 21.7. The number of amides is 1. The van der Waals surface area contributed by atoms with Crippen LogP contribution < -0.4 is 5.32 Å². The van der Waals surface area contributed by atoms with Crippen molar-refractivity contribution in [2.45, 2.75) is 38.5 Å². The molecule has 1 heterocycles. The van der Waals surface area contributed by atoms with E-state index in [4.69, 9.17) is 4.74 Å². The highest BCUT2D eigenvalue weighted by atomic mass is 32.2. The number of hydrogen-bond acceptors (Lipinski definition) is 6. The maximum absolute atomic E-state index is 13.0. The van der Waals surface area contributed by atoms with Crippen LogP contribution in [0.15, 0.2) is 65.6 Å². The van der Waals surface area contributed by atoms with Crippen molar-refractivity contribution in [2.75, 3.05) is 25.0 Å². The molecule has 0 saturated carbocycles. The Hall–Kier alpha value is -3.01. The molecule has 35 heavy (non-hydrogen) atoms. The topological polar surface area (TPSA) is 92.8 Å². The summed E-state index contributed by atoms with van der Waals surface area (Å²) in [5.41, 5.74) is 1.55. The zero-order chi connectivity index (χ0) is 25.4. The molecule has 1 N–H and O–H groups in total. The second-order valence-corrected chi connectivity index (χ2v) is 10.8. The molecule has 0 saturated heterocycles. The van der Waals surface area contributed by atoms with Crippen molar-refractivity contribution in [1.82, 2.24) is 4.31 Å². The van der Waals surface area contributed by atoms with Crippen LogP contribution in [0, 0.1) is 0 Å². The van der Waals surface area contributed by atoms with E-state index >= 15 is 0 Å². The van der Waals surface area contributed by atoms with E-state index in [9.17, 15) is 18.0 Å². The van der Waals surface area contributed by atoms with E-state index in [-0.39, 0.29) is 17.1 Å². The van der Waals surface area contributed by atoms with Crippen LogP contribution in [0.2, 0.25) is 0 Å². The molecule has 3 aromatic rings. The Labute approximate surface area is 210 Å². The van der Waals surface area contributed by atoms with Crippen LogP contribution in [-0.4, -0.2) is 44.3 Å². The number of anilines is 1. The Bertz CT molecular complexity index is 1250. The van der Waals surface area contributed by atoms with Gasteiger partial charge in [0.15, 0.2) is 0 Å². The summed E-state index contributed by atoms with van der Waals surface area (Å²) < 4.78 is 32.6. The molecule has 0 fully saturated rings. The molecule has 0 aliphatic heterocycles. The van der Waals surface area contributed by atoms with Crippen molar-refractivity contribution in [3.63, 3.8) is 0 Å². The van der Waals surface area contributed by atoms with Gasteiger partial charge in [-0.15, -0.1) is 11.3 Å². The summed E-state index contributed by atoms with van der Waals surface area (Å²) in [7, 11) is -3.64.